The molecule has 2 rings (SSSR count). The molecule has 0 aliphatic carbocycles. The summed E-state index contributed by atoms with van der Waals surface area (Å²) < 4.78 is 38.2. The third-order valence-corrected chi connectivity index (χ3v) is 3.27. The second-order valence-corrected chi connectivity index (χ2v) is 4.58. The molecule has 2 N–H and O–H groups in total. The molecule has 1 aromatic carbocycles. The maximum Gasteiger partial charge on any atom is 0.416 e. The molecule has 1 unspecified atom stereocenters. The van der Waals surface area contributed by atoms with Gasteiger partial charge in [-0.2, -0.15) is 13.2 Å². The Balaban J connectivity index is 2.31. The highest BCUT2D eigenvalue weighted by Gasteiger charge is 2.33. The Labute approximate surface area is 114 Å². The number of alkyl halides is 3. The van der Waals surface area contributed by atoms with Crippen LogP contribution in [0.3, 0.4) is 0 Å². The topological polar surface area (TPSA) is 52.6 Å². The van der Waals surface area contributed by atoms with Crippen molar-refractivity contribution in [1.29, 1.82) is 0 Å². The lowest BCUT2D eigenvalue weighted by Crippen LogP contribution is -2.49. The van der Waals surface area contributed by atoms with E-state index >= 15 is 0 Å². The molecule has 20 heavy (non-hydrogen) atoms. The van der Waals surface area contributed by atoms with Gasteiger partial charge in [0, 0.05) is 13.1 Å². The van der Waals surface area contributed by atoms with Gasteiger partial charge in [-0.05, 0) is 24.1 Å². The van der Waals surface area contributed by atoms with Crippen molar-refractivity contribution in [3.63, 3.8) is 0 Å². The van der Waals surface area contributed by atoms with Crippen LogP contribution in [-0.4, -0.2) is 35.7 Å². The number of aliphatic hydroxyl groups is 1. The zero-order valence-electron chi connectivity index (χ0n) is 10.7. The van der Waals surface area contributed by atoms with Crippen LogP contribution in [0.5, 0.6) is 0 Å². The van der Waals surface area contributed by atoms with E-state index in [9.17, 15) is 18.0 Å². The van der Waals surface area contributed by atoms with Gasteiger partial charge in [0.2, 0.25) is 0 Å². The lowest BCUT2D eigenvalue weighted by atomic mass is 9.98. The summed E-state index contributed by atoms with van der Waals surface area (Å²) in [5.74, 6) is 0. The van der Waals surface area contributed by atoms with Crippen LogP contribution in [0.4, 0.5) is 18.0 Å². The van der Waals surface area contributed by atoms with Crippen molar-refractivity contribution >= 4 is 6.03 Å². The molecule has 1 atom stereocenters. The van der Waals surface area contributed by atoms with Gasteiger partial charge < -0.3 is 15.3 Å². The molecule has 0 spiro atoms. The minimum Gasteiger partial charge on any atom is -0.395 e. The summed E-state index contributed by atoms with van der Waals surface area (Å²) in [5.41, 5.74) is -0.298. The van der Waals surface area contributed by atoms with Crippen LogP contribution in [0.2, 0.25) is 0 Å². The first-order valence-corrected chi connectivity index (χ1v) is 6.26. The molecular formula is C13H15F3N2O2. The van der Waals surface area contributed by atoms with Crippen molar-refractivity contribution in [3.8, 4) is 0 Å². The van der Waals surface area contributed by atoms with Gasteiger partial charge in [0.25, 0.3) is 0 Å². The van der Waals surface area contributed by atoms with E-state index in [-0.39, 0.29) is 19.2 Å². The number of hydrogen-bond donors (Lipinski definition) is 2. The maximum atomic E-state index is 12.7. The predicted octanol–water partition coefficient (Wildman–Crippen LogP) is 2.15. The quantitative estimate of drug-likeness (QED) is 0.895. The SMILES string of the molecule is O=C1NCCC(c2cccc(C(F)(F)F)c2)N1CCO. The molecular weight excluding hydrogens is 273 g/mol. The second kappa shape index (κ2) is 5.70. The predicted molar refractivity (Wildman–Crippen MR) is 66.0 cm³/mol. The first-order valence-electron chi connectivity index (χ1n) is 6.26. The number of aliphatic hydroxyl groups excluding tert-OH is 1. The zero-order valence-corrected chi connectivity index (χ0v) is 10.7. The molecule has 0 aromatic heterocycles. The highest BCUT2D eigenvalue weighted by atomic mass is 19.4. The van der Waals surface area contributed by atoms with Gasteiger partial charge in [-0.25, -0.2) is 4.79 Å². The maximum absolute atomic E-state index is 12.7. The first kappa shape index (κ1) is 14.6. The minimum atomic E-state index is -4.41. The highest BCUT2D eigenvalue weighted by Crippen LogP contribution is 2.33. The van der Waals surface area contributed by atoms with E-state index in [1.54, 1.807) is 6.07 Å². The fourth-order valence-corrected chi connectivity index (χ4v) is 2.35. The fraction of sp³-hybridized carbons (Fsp3) is 0.462. The average Bonchev–Trinajstić information content (AvgIpc) is 2.40. The van der Waals surface area contributed by atoms with Crippen molar-refractivity contribution in [1.82, 2.24) is 10.2 Å². The minimum absolute atomic E-state index is 0.0900. The van der Waals surface area contributed by atoms with Gasteiger partial charge in [0.05, 0.1) is 18.2 Å². The molecule has 4 nitrogen and oxygen atoms in total. The third-order valence-electron chi connectivity index (χ3n) is 3.27. The second-order valence-electron chi connectivity index (χ2n) is 4.58. The molecule has 2 amide bonds. The van der Waals surface area contributed by atoms with E-state index in [4.69, 9.17) is 5.11 Å². The normalized spacial score (nSPS) is 19.9. The number of carbonyl (C=O) groups is 1. The Morgan fingerprint density at radius 1 is 1.40 bits per heavy atom. The third kappa shape index (κ3) is 3.04. The Morgan fingerprint density at radius 3 is 2.80 bits per heavy atom. The van der Waals surface area contributed by atoms with Crippen molar-refractivity contribution in [2.75, 3.05) is 19.7 Å². The fourth-order valence-electron chi connectivity index (χ4n) is 2.35. The summed E-state index contributed by atoms with van der Waals surface area (Å²) in [6.07, 6.45) is -3.90. The van der Waals surface area contributed by atoms with Crippen LogP contribution < -0.4 is 5.32 Å². The smallest absolute Gasteiger partial charge is 0.395 e. The van der Waals surface area contributed by atoms with E-state index in [0.717, 1.165) is 12.1 Å². The van der Waals surface area contributed by atoms with Gasteiger partial charge in [0.1, 0.15) is 0 Å². The number of amides is 2. The highest BCUT2D eigenvalue weighted by molar-refractivity contribution is 5.75. The number of nitrogens with one attached hydrogen (secondary N) is 1. The van der Waals surface area contributed by atoms with Crippen LogP contribution in [0.25, 0.3) is 0 Å². The van der Waals surface area contributed by atoms with Gasteiger partial charge >= 0.3 is 12.2 Å². The van der Waals surface area contributed by atoms with Crippen LogP contribution >= 0.6 is 0 Å². The number of carbonyl (C=O) groups excluding carboxylic acids is 1. The Bertz CT molecular complexity index is 491. The van der Waals surface area contributed by atoms with Crippen molar-refractivity contribution in [2.24, 2.45) is 0 Å². The molecule has 110 valence electrons. The zero-order chi connectivity index (χ0) is 14.8. The molecule has 1 aliphatic rings. The molecule has 1 heterocycles. The number of urea groups is 1. The van der Waals surface area contributed by atoms with Crippen LogP contribution in [0.1, 0.15) is 23.6 Å². The van der Waals surface area contributed by atoms with Crippen LogP contribution in [0.15, 0.2) is 24.3 Å². The van der Waals surface area contributed by atoms with E-state index in [0.29, 0.717) is 18.5 Å². The molecule has 7 heteroatoms. The Morgan fingerprint density at radius 2 is 2.15 bits per heavy atom. The molecule has 1 fully saturated rings. The largest absolute Gasteiger partial charge is 0.416 e. The number of halogens is 3. The lowest BCUT2D eigenvalue weighted by molar-refractivity contribution is -0.137. The number of hydrogen-bond acceptors (Lipinski definition) is 2. The number of nitrogens with zero attached hydrogens (tertiary/aromatic N) is 1. The van der Waals surface area contributed by atoms with Gasteiger partial charge in [0.15, 0.2) is 0 Å². The van der Waals surface area contributed by atoms with Crippen molar-refractivity contribution in [3.05, 3.63) is 35.4 Å². The first-order chi connectivity index (χ1) is 9.43. The monoisotopic (exact) mass is 288 g/mol. The Kier molecular flexibility index (Phi) is 4.17. The molecule has 0 radical (unpaired) electrons. The van der Waals surface area contributed by atoms with Gasteiger partial charge in [-0.15, -0.1) is 0 Å². The summed E-state index contributed by atoms with van der Waals surface area (Å²) in [4.78, 5) is 13.1. The van der Waals surface area contributed by atoms with E-state index < -0.39 is 17.8 Å². The summed E-state index contributed by atoms with van der Waals surface area (Å²) >= 11 is 0. The summed E-state index contributed by atoms with van der Waals surface area (Å²) in [6.45, 7) is 0.261. The van der Waals surface area contributed by atoms with E-state index in [2.05, 4.69) is 5.32 Å². The molecule has 0 saturated carbocycles. The van der Waals surface area contributed by atoms with Gasteiger partial charge in [-0.1, -0.05) is 12.1 Å². The van der Waals surface area contributed by atoms with Crippen molar-refractivity contribution < 1.29 is 23.1 Å². The van der Waals surface area contributed by atoms with Crippen molar-refractivity contribution in [2.45, 2.75) is 18.6 Å². The molecule has 1 saturated heterocycles. The van der Waals surface area contributed by atoms with Crippen LogP contribution in [-0.2, 0) is 6.18 Å². The molecule has 1 aromatic rings. The summed E-state index contributed by atoms with van der Waals surface area (Å²) in [5, 5.41) is 11.6. The van der Waals surface area contributed by atoms with E-state index in [1.165, 1.54) is 11.0 Å². The summed E-state index contributed by atoms with van der Waals surface area (Å²) in [7, 11) is 0. The standard InChI is InChI=1S/C13H15F3N2O2/c14-13(15,16)10-3-1-2-9(8-10)11-4-5-17-12(20)18(11)6-7-19/h1-3,8,11,19H,4-7H2,(H,17,20). The lowest BCUT2D eigenvalue weighted by Gasteiger charge is -2.36. The number of benzene rings is 1. The average molecular weight is 288 g/mol. The summed E-state index contributed by atoms with van der Waals surface area (Å²) in [6, 6.07) is 4.16. The number of rotatable bonds is 3. The molecule has 0 bridgehead atoms. The van der Waals surface area contributed by atoms with E-state index in [1.807, 2.05) is 0 Å². The Hall–Kier alpha value is -1.76. The number of β-amino-alcohol motifs (C(OH)–C–C–N with tert-alkyl or cyclic N) is 1. The van der Waals surface area contributed by atoms with Gasteiger partial charge in [-0.3, -0.25) is 0 Å². The van der Waals surface area contributed by atoms with Crippen LogP contribution in [0, 0.1) is 0 Å². The molecule has 1 aliphatic heterocycles.